The molecule has 4 aliphatic carbocycles. The highest BCUT2D eigenvalue weighted by Gasteiger charge is 2.48. The monoisotopic (exact) mass is 932 g/mol. The first-order valence-electron chi connectivity index (χ1n) is 26.5. The molecule has 13 rings (SSSR count). The van der Waals surface area contributed by atoms with Crippen LogP contribution in [-0.4, -0.2) is 0 Å². The molecule has 1 fully saturated rings. The van der Waals surface area contributed by atoms with Gasteiger partial charge in [0, 0.05) is 27.9 Å². The molecular weight excluding hydrogens is 867 g/mol. The summed E-state index contributed by atoms with van der Waals surface area (Å²) in [5.41, 5.74) is 27.2. The molecule has 0 amide bonds. The summed E-state index contributed by atoms with van der Waals surface area (Å²) in [6.45, 7) is 18.7. The van der Waals surface area contributed by atoms with E-state index in [2.05, 4.69) is 260 Å². The molecule has 0 unspecified atom stereocenters. The number of hydrogen-bond donors (Lipinski definition) is 0. The summed E-state index contributed by atoms with van der Waals surface area (Å²) in [4.78, 5) is 2.58. The Morgan fingerprint density at radius 1 is 0.361 bits per heavy atom. The van der Waals surface area contributed by atoms with Gasteiger partial charge in [-0.05, 0) is 160 Å². The minimum Gasteiger partial charge on any atom is -0.310 e. The van der Waals surface area contributed by atoms with Crippen LogP contribution in [0.15, 0.2) is 200 Å². The molecule has 1 spiro atoms. The molecule has 0 saturated heterocycles. The number of anilines is 3. The first-order valence-corrected chi connectivity index (χ1v) is 26.5. The summed E-state index contributed by atoms with van der Waals surface area (Å²) in [6.07, 6.45) is 4.89. The lowest BCUT2D eigenvalue weighted by Gasteiger charge is -2.36. The lowest BCUT2D eigenvalue weighted by molar-refractivity contribution is 0.550. The Labute approximate surface area is 428 Å². The third-order valence-corrected chi connectivity index (χ3v) is 17.6. The summed E-state index contributed by atoms with van der Waals surface area (Å²) in [6, 6.07) is 77.9. The molecule has 354 valence electrons. The summed E-state index contributed by atoms with van der Waals surface area (Å²) in [7, 11) is 0. The topological polar surface area (TPSA) is 3.24 Å². The number of rotatable bonds is 6. The minimum absolute atomic E-state index is 0.0294. The number of fused-ring (bicyclic) bond motifs is 11. The smallest absolute Gasteiger partial charge is 0.0714 e. The predicted octanol–water partition coefficient (Wildman–Crippen LogP) is 18.9. The predicted molar refractivity (Wildman–Crippen MR) is 304 cm³/mol. The van der Waals surface area contributed by atoms with Crippen LogP contribution >= 0.6 is 0 Å². The molecule has 1 heteroatoms. The van der Waals surface area contributed by atoms with Gasteiger partial charge in [0.05, 0.1) is 5.41 Å². The van der Waals surface area contributed by atoms with E-state index < -0.39 is 5.41 Å². The molecule has 9 aromatic rings. The van der Waals surface area contributed by atoms with Crippen molar-refractivity contribution >= 4 is 17.1 Å². The van der Waals surface area contributed by atoms with Crippen LogP contribution < -0.4 is 4.90 Å². The standard InChI is InChI=1S/C71H65N/c1-67(2,3)47-29-33-49(34-30-47)71(50-35-31-48(32-36-50)68(4,5)6)63-28-14-11-22-56(63)59-40-38-53(45-65(59)71)72(52-37-39-58-55-21-10-13-27-62(55)70(64(58)44-52)41-15-16-42-70)51-20-17-19-46(43-51)54-24-18-25-60-57-23-9-12-26-61(57)69(7,8)66(54)60/h9-14,17-40,43-45H,15-16,41-42H2,1-8H3. The quantitative estimate of drug-likeness (QED) is 0.161. The van der Waals surface area contributed by atoms with Gasteiger partial charge in [-0.2, -0.15) is 0 Å². The van der Waals surface area contributed by atoms with Gasteiger partial charge in [-0.25, -0.2) is 0 Å². The van der Waals surface area contributed by atoms with Crippen molar-refractivity contribution in [3.8, 4) is 44.5 Å². The molecule has 4 aliphatic rings. The average molecular weight is 932 g/mol. The maximum Gasteiger partial charge on any atom is 0.0714 e. The highest BCUT2D eigenvalue weighted by molar-refractivity contribution is 5.93. The van der Waals surface area contributed by atoms with E-state index >= 15 is 0 Å². The molecule has 1 saturated carbocycles. The highest BCUT2D eigenvalue weighted by atomic mass is 15.1. The zero-order chi connectivity index (χ0) is 49.4. The van der Waals surface area contributed by atoms with Gasteiger partial charge in [-0.1, -0.05) is 232 Å². The van der Waals surface area contributed by atoms with Crippen molar-refractivity contribution in [3.05, 3.63) is 256 Å². The lowest BCUT2D eigenvalue weighted by Crippen LogP contribution is -2.29. The van der Waals surface area contributed by atoms with E-state index in [1.54, 1.807) is 0 Å². The fourth-order valence-corrected chi connectivity index (χ4v) is 14.1. The minimum atomic E-state index is -0.569. The zero-order valence-electron chi connectivity index (χ0n) is 43.3. The molecule has 0 aliphatic heterocycles. The first kappa shape index (κ1) is 44.7. The molecule has 72 heavy (non-hydrogen) atoms. The van der Waals surface area contributed by atoms with Crippen LogP contribution in [0.3, 0.4) is 0 Å². The van der Waals surface area contributed by atoms with Crippen LogP contribution in [0.25, 0.3) is 44.5 Å². The van der Waals surface area contributed by atoms with Crippen LogP contribution in [-0.2, 0) is 27.1 Å². The fourth-order valence-electron chi connectivity index (χ4n) is 14.1. The van der Waals surface area contributed by atoms with Crippen molar-refractivity contribution in [2.24, 2.45) is 0 Å². The Morgan fingerprint density at radius 2 is 0.806 bits per heavy atom. The van der Waals surface area contributed by atoms with Crippen molar-refractivity contribution in [1.82, 2.24) is 0 Å². The van der Waals surface area contributed by atoms with Crippen LogP contribution in [0.1, 0.15) is 137 Å². The summed E-state index contributed by atoms with van der Waals surface area (Å²) in [5.74, 6) is 0. The molecule has 9 aromatic carbocycles. The summed E-state index contributed by atoms with van der Waals surface area (Å²) >= 11 is 0. The second-order valence-electron chi connectivity index (χ2n) is 24.0. The van der Waals surface area contributed by atoms with Gasteiger partial charge in [0.1, 0.15) is 0 Å². The van der Waals surface area contributed by atoms with Gasteiger partial charge in [0.25, 0.3) is 0 Å². The fraction of sp³-hybridized carbons (Fsp3) is 0.239. The normalized spacial score (nSPS) is 16.2. The van der Waals surface area contributed by atoms with Gasteiger partial charge in [0.15, 0.2) is 0 Å². The molecule has 0 atom stereocenters. The number of hydrogen-bond acceptors (Lipinski definition) is 1. The van der Waals surface area contributed by atoms with Crippen LogP contribution in [0, 0.1) is 0 Å². The van der Waals surface area contributed by atoms with E-state index in [1.165, 1.54) is 132 Å². The third kappa shape index (κ3) is 6.45. The maximum atomic E-state index is 2.58. The SMILES string of the molecule is CC(C)(C)c1ccc(C2(c3ccc(C(C)(C)C)cc3)c3ccccc3-c3ccc(N(c4cccc(-c5cccc6c5C(C)(C)c5ccccc5-6)c4)c4ccc5c(c4)C4(CCCC4)c4ccccc4-5)cc32)cc1. The van der Waals surface area contributed by atoms with Crippen molar-refractivity contribution < 1.29 is 0 Å². The highest BCUT2D eigenvalue weighted by Crippen LogP contribution is 2.60. The van der Waals surface area contributed by atoms with Gasteiger partial charge in [0.2, 0.25) is 0 Å². The summed E-state index contributed by atoms with van der Waals surface area (Å²) in [5, 5.41) is 0. The number of nitrogens with zero attached hydrogens (tertiary/aromatic N) is 1. The van der Waals surface area contributed by atoms with Crippen LogP contribution in [0.2, 0.25) is 0 Å². The van der Waals surface area contributed by atoms with E-state index in [-0.39, 0.29) is 21.7 Å². The molecule has 0 heterocycles. The van der Waals surface area contributed by atoms with E-state index in [0.29, 0.717) is 0 Å². The Balaban J connectivity index is 1.06. The Bertz CT molecular complexity index is 3560. The maximum absolute atomic E-state index is 2.58. The second kappa shape index (κ2) is 15.9. The van der Waals surface area contributed by atoms with E-state index in [0.717, 1.165) is 11.4 Å². The van der Waals surface area contributed by atoms with Crippen molar-refractivity contribution in [1.29, 1.82) is 0 Å². The van der Waals surface area contributed by atoms with Gasteiger partial charge < -0.3 is 4.90 Å². The molecule has 0 N–H and O–H groups in total. The lowest BCUT2D eigenvalue weighted by atomic mass is 9.67. The average Bonchev–Trinajstić information content (AvgIpc) is 4.13. The summed E-state index contributed by atoms with van der Waals surface area (Å²) < 4.78 is 0. The third-order valence-electron chi connectivity index (χ3n) is 17.6. The van der Waals surface area contributed by atoms with Crippen molar-refractivity contribution in [3.63, 3.8) is 0 Å². The van der Waals surface area contributed by atoms with E-state index in [9.17, 15) is 0 Å². The van der Waals surface area contributed by atoms with E-state index in [1.807, 2.05) is 0 Å². The van der Waals surface area contributed by atoms with Crippen LogP contribution in [0.5, 0.6) is 0 Å². The first-order chi connectivity index (χ1) is 34.7. The second-order valence-corrected chi connectivity index (χ2v) is 24.0. The van der Waals surface area contributed by atoms with Crippen molar-refractivity contribution in [2.45, 2.75) is 108 Å². The molecule has 0 aromatic heterocycles. The van der Waals surface area contributed by atoms with Gasteiger partial charge >= 0.3 is 0 Å². The molecule has 1 nitrogen and oxygen atoms in total. The van der Waals surface area contributed by atoms with Crippen LogP contribution in [0.4, 0.5) is 17.1 Å². The molecule has 0 radical (unpaired) electrons. The molecular formula is C71H65N. The van der Waals surface area contributed by atoms with Crippen molar-refractivity contribution in [2.75, 3.05) is 4.90 Å². The zero-order valence-corrected chi connectivity index (χ0v) is 43.3. The molecule has 0 bridgehead atoms. The van der Waals surface area contributed by atoms with Gasteiger partial charge in [-0.15, -0.1) is 0 Å². The Morgan fingerprint density at radius 3 is 1.40 bits per heavy atom. The van der Waals surface area contributed by atoms with E-state index in [4.69, 9.17) is 0 Å². The largest absolute Gasteiger partial charge is 0.310 e. The Kier molecular flexibility index (Phi) is 9.86. The van der Waals surface area contributed by atoms with Gasteiger partial charge in [-0.3, -0.25) is 0 Å². The number of benzene rings is 9. The Hall–Kier alpha value is -7.22.